The van der Waals surface area contributed by atoms with Gasteiger partial charge < -0.3 is 15.6 Å². The van der Waals surface area contributed by atoms with Gasteiger partial charge in [-0.1, -0.05) is 12.1 Å². The van der Waals surface area contributed by atoms with E-state index in [2.05, 4.69) is 15.5 Å². The van der Waals surface area contributed by atoms with Crippen molar-refractivity contribution in [3.05, 3.63) is 56.2 Å². The van der Waals surface area contributed by atoms with Crippen LogP contribution >= 0.6 is 0 Å². The van der Waals surface area contributed by atoms with Crippen molar-refractivity contribution in [3.63, 3.8) is 0 Å². The summed E-state index contributed by atoms with van der Waals surface area (Å²) in [6, 6.07) is 6.44. The number of phenolic OH excluding ortho intramolecular Hbond substituents is 1. The number of nitrogens with one attached hydrogen (secondary N) is 2. The van der Waals surface area contributed by atoms with Gasteiger partial charge in [-0.15, -0.1) is 0 Å². The number of benzene rings is 1. The number of phenols is 1. The van der Waals surface area contributed by atoms with Gasteiger partial charge in [0.15, 0.2) is 0 Å². The fourth-order valence-corrected chi connectivity index (χ4v) is 2.37. The number of rotatable bonds is 2. The molecule has 3 rings (SSSR count). The topological polar surface area (TPSA) is 120 Å². The van der Waals surface area contributed by atoms with Crippen molar-refractivity contribution < 1.29 is 10.2 Å². The second kappa shape index (κ2) is 5.06. The van der Waals surface area contributed by atoms with E-state index in [-0.39, 0.29) is 17.4 Å². The van der Waals surface area contributed by atoms with E-state index in [4.69, 9.17) is 0 Å². The fraction of sp³-hybridized carbons (Fsp3) is 0.214. The summed E-state index contributed by atoms with van der Waals surface area (Å²) in [6.45, 7) is 0. The summed E-state index contributed by atoms with van der Waals surface area (Å²) in [7, 11) is 1.36. The quantitative estimate of drug-likeness (QED) is 0.618. The van der Waals surface area contributed by atoms with Gasteiger partial charge in [0.05, 0.1) is 11.8 Å². The molecular weight excluding hydrogens is 288 g/mol. The predicted molar refractivity (Wildman–Crippen MR) is 79.1 cm³/mol. The van der Waals surface area contributed by atoms with Crippen molar-refractivity contribution in [2.24, 2.45) is 12.1 Å². The Morgan fingerprint density at radius 1 is 1.23 bits per heavy atom. The lowest BCUT2D eigenvalue weighted by atomic mass is 10.00. The van der Waals surface area contributed by atoms with Gasteiger partial charge in [0.25, 0.3) is 5.56 Å². The van der Waals surface area contributed by atoms with Crippen LogP contribution in [-0.4, -0.2) is 25.5 Å². The van der Waals surface area contributed by atoms with E-state index in [9.17, 15) is 19.8 Å². The average molecular weight is 302 g/mol. The third-order valence-electron chi connectivity index (χ3n) is 3.63. The van der Waals surface area contributed by atoms with E-state index < -0.39 is 17.1 Å². The van der Waals surface area contributed by atoms with E-state index in [0.717, 1.165) is 10.1 Å². The first kappa shape index (κ1) is 13.9. The van der Waals surface area contributed by atoms with Crippen LogP contribution < -0.4 is 16.7 Å². The maximum absolute atomic E-state index is 11.9. The second-order valence-corrected chi connectivity index (χ2v) is 5.05. The highest BCUT2D eigenvalue weighted by atomic mass is 16.3. The molecule has 1 aromatic heterocycles. The Labute approximate surface area is 124 Å². The molecule has 1 aromatic carbocycles. The van der Waals surface area contributed by atoms with Crippen LogP contribution in [0.15, 0.2) is 39.0 Å². The number of nitrogens with zero attached hydrogens (tertiary/aromatic N) is 2. The normalized spacial score (nSPS) is 17.1. The van der Waals surface area contributed by atoms with E-state index >= 15 is 0 Å². The first-order chi connectivity index (χ1) is 10.5. The molecule has 0 saturated heterocycles. The highest BCUT2D eigenvalue weighted by molar-refractivity contribution is 6.03. The molecule has 0 bridgehead atoms. The molecule has 0 saturated carbocycles. The summed E-state index contributed by atoms with van der Waals surface area (Å²) in [5.74, 6) is -0.254. The van der Waals surface area contributed by atoms with E-state index in [0.29, 0.717) is 12.1 Å². The predicted octanol–water partition coefficient (Wildman–Crippen LogP) is -0.0765. The fourth-order valence-electron chi connectivity index (χ4n) is 2.37. The Hall–Kier alpha value is -3.03. The van der Waals surface area contributed by atoms with Crippen molar-refractivity contribution in [3.8, 4) is 11.6 Å². The largest absolute Gasteiger partial charge is 0.508 e. The zero-order chi connectivity index (χ0) is 15.9. The van der Waals surface area contributed by atoms with E-state index in [1.165, 1.54) is 7.05 Å². The standard InChI is InChI=1S/C14H14N4O4/c1-18-13(21)11(12(20)15-14(18)22)10-6-9(16-17-10)7-2-4-8(19)5-3-7/h2-5,9,16,19,21H,6H2,1H3,(H,15,20,22). The lowest BCUT2D eigenvalue weighted by Gasteiger charge is -2.10. The lowest BCUT2D eigenvalue weighted by molar-refractivity contribution is 0.416. The molecule has 2 aromatic rings. The molecule has 1 unspecified atom stereocenters. The summed E-state index contributed by atoms with van der Waals surface area (Å²) in [5.41, 5.74) is 2.76. The minimum Gasteiger partial charge on any atom is -0.508 e. The molecule has 8 nitrogen and oxygen atoms in total. The number of aromatic hydroxyl groups is 2. The summed E-state index contributed by atoms with van der Waals surface area (Å²) in [6.07, 6.45) is 0.375. The summed E-state index contributed by atoms with van der Waals surface area (Å²) in [5, 5.41) is 23.4. The van der Waals surface area contributed by atoms with Gasteiger partial charge in [0.2, 0.25) is 5.88 Å². The number of H-pyrrole nitrogens is 1. The molecule has 4 N–H and O–H groups in total. The third-order valence-corrected chi connectivity index (χ3v) is 3.63. The maximum Gasteiger partial charge on any atom is 0.330 e. The van der Waals surface area contributed by atoms with Gasteiger partial charge in [-0.25, -0.2) is 4.79 Å². The molecule has 22 heavy (non-hydrogen) atoms. The molecule has 1 aliphatic heterocycles. The highest BCUT2D eigenvalue weighted by Gasteiger charge is 2.26. The Balaban J connectivity index is 1.93. The number of aromatic nitrogens is 2. The van der Waals surface area contributed by atoms with Crippen LogP contribution in [0.2, 0.25) is 0 Å². The molecule has 0 radical (unpaired) electrons. The van der Waals surface area contributed by atoms with Crippen LogP contribution in [0.3, 0.4) is 0 Å². The Morgan fingerprint density at radius 3 is 2.59 bits per heavy atom. The van der Waals surface area contributed by atoms with Gasteiger partial charge in [-0.3, -0.25) is 14.3 Å². The molecule has 1 aliphatic rings. The molecule has 0 fully saturated rings. The molecule has 0 spiro atoms. The zero-order valence-corrected chi connectivity index (χ0v) is 11.7. The van der Waals surface area contributed by atoms with E-state index in [1.807, 2.05) is 0 Å². The monoisotopic (exact) mass is 302 g/mol. The summed E-state index contributed by atoms with van der Waals surface area (Å²) < 4.78 is 0.952. The minimum atomic E-state index is -0.687. The molecule has 0 amide bonds. The van der Waals surface area contributed by atoms with Crippen LogP contribution in [0.25, 0.3) is 0 Å². The third kappa shape index (κ3) is 2.24. The van der Waals surface area contributed by atoms with Crippen molar-refractivity contribution in [1.29, 1.82) is 0 Å². The molecular formula is C14H14N4O4. The highest BCUT2D eigenvalue weighted by Crippen LogP contribution is 2.26. The van der Waals surface area contributed by atoms with Crippen molar-refractivity contribution >= 4 is 5.71 Å². The maximum atomic E-state index is 11.9. The molecule has 0 aliphatic carbocycles. The molecule has 8 heteroatoms. The number of aromatic amines is 1. The lowest BCUT2D eigenvalue weighted by Crippen LogP contribution is -2.32. The number of hydrogen-bond acceptors (Lipinski definition) is 6. The van der Waals surface area contributed by atoms with Crippen LogP contribution in [0.1, 0.15) is 23.6 Å². The van der Waals surface area contributed by atoms with Gasteiger partial charge in [-0.05, 0) is 17.7 Å². The van der Waals surface area contributed by atoms with Gasteiger partial charge in [-0.2, -0.15) is 5.10 Å². The van der Waals surface area contributed by atoms with Crippen LogP contribution in [0.4, 0.5) is 0 Å². The second-order valence-electron chi connectivity index (χ2n) is 5.05. The number of hydrazone groups is 1. The number of hydrogen-bond donors (Lipinski definition) is 4. The Kier molecular flexibility index (Phi) is 3.21. The first-order valence-electron chi connectivity index (χ1n) is 6.61. The van der Waals surface area contributed by atoms with E-state index in [1.54, 1.807) is 24.3 Å². The zero-order valence-electron chi connectivity index (χ0n) is 11.7. The van der Waals surface area contributed by atoms with Gasteiger partial charge >= 0.3 is 5.69 Å². The Morgan fingerprint density at radius 2 is 1.91 bits per heavy atom. The Bertz CT molecular complexity index is 864. The van der Waals surface area contributed by atoms with Crippen molar-refractivity contribution in [2.75, 3.05) is 0 Å². The van der Waals surface area contributed by atoms with Crippen LogP contribution in [-0.2, 0) is 7.05 Å². The summed E-state index contributed by atoms with van der Waals surface area (Å²) >= 11 is 0. The average Bonchev–Trinajstić information content (AvgIpc) is 2.95. The molecule has 2 heterocycles. The van der Waals surface area contributed by atoms with Crippen molar-refractivity contribution in [2.45, 2.75) is 12.5 Å². The summed E-state index contributed by atoms with van der Waals surface area (Å²) in [4.78, 5) is 25.5. The SMILES string of the molecule is Cn1c(O)c(C2=NNC(c3ccc(O)cc3)C2)c(=O)[nH]c1=O. The van der Waals surface area contributed by atoms with Crippen LogP contribution in [0.5, 0.6) is 11.6 Å². The minimum absolute atomic E-state index is 0.0177. The van der Waals surface area contributed by atoms with Crippen LogP contribution in [0, 0.1) is 0 Å². The first-order valence-corrected chi connectivity index (χ1v) is 6.61. The van der Waals surface area contributed by atoms with Gasteiger partial charge in [0.1, 0.15) is 11.3 Å². The smallest absolute Gasteiger partial charge is 0.330 e. The molecule has 1 atom stereocenters. The van der Waals surface area contributed by atoms with Gasteiger partial charge in [0, 0.05) is 13.5 Å². The molecule has 114 valence electrons. The van der Waals surface area contributed by atoms with Crippen molar-refractivity contribution in [1.82, 2.24) is 15.0 Å².